The van der Waals surface area contributed by atoms with Gasteiger partial charge in [-0.15, -0.1) is 11.6 Å². The van der Waals surface area contributed by atoms with E-state index in [1.54, 1.807) is 7.11 Å². The summed E-state index contributed by atoms with van der Waals surface area (Å²) in [6, 6.07) is 11.5. The third-order valence-electron chi connectivity index (χ3n) is 3.21. The van der Waals surface area contributed by atoms with Gasteiger partial charge in [0.1, 0.15) is 17.1 Å². The number of ether oxygens (including phenoxy) is 1. The van der Waals surface area contributed by atoms with Crippen LogP contribution in [0.3, 0.4) is 0 Å². The van der Waals surface area contributed by atoms with Crippen LogP contribution >= 0.6 is 39.1 Å². The van der Waals surface area contributed by atoms with E-state index in [0.29, 0.717) is 10.8 Å². The van der Waals surface area contributed by atoms with Gasteiger partial charge in [0, 0.05) is 4.47 Å². The summed E-state index contributed by atoms with van der Waals surface area (Å²) in [5, 5.41) is 0.623. The third kappa shape index (κ3) is 2.52. The average Bonchev–Trinajstić information content (AvgIpc) is 2.85. The molecule has 0 bridgehead atoms. The van der Waals surface area contributed by atoms with Crippen LogP contribution in [0, 0.1) is 0 Å². The minimum atomic E-state index is 0.282. The highest BCUT2D eigenvalue weighted by molar-refractivity contribution is 9.10. The molecule has 0 fully saturated rings. The fourth-order valence-electron chi connectivity index (χ4n) is 2.31. The van der Waals surface area contributed by atoms with E-state index in [1.165, 1.54) is 0 Å². The van der Waals surface area contributed by atoms with Crippen LogP contribution in [0.15, 0.2) is 40.9 Å². The standard InChI is InChI=1S/C15H11BrCl2N2O/c1-21-13-4-2-3-12-15(13)19-14(8-17)20(12)11-6-5-9(16)7-10(11)18/h2-7H,8H2,1H3. The number of hydrogen-bond donors (Lipinski definition) is 0. The second kappa shape index (κ2) is 5.87. The zero-order valence-electron chi connectivity index (χ0n) is 11.1. The summed E-state index contributed by atoms with van der Waals surface area (Å²) in [5.41, 5.74) is 2.52. The SMILES string of the molecule is COc1cccc2c1nc(CCl)n2-c1ccc(Br)cc1Cl. The molecule has 3 aromatic rings. The molecule has 0 aliphatic carbocycles. The number of hydrogen-bond acceptors (Lipinski definition) is 2. The predicted molar refractivity (Wildman–Crippen MR) is 89.9 cm³/mol. The quantitative estimate of drug-likeness (QED) is 0.580. The van der Waals surface area contributed by atoms with E-state index in [0.717, 1.165) is 27.0 Å². The van der Waals surface area contributed by atoms with Gasteiger partial charge in [-0.25, -0.2) is 4.98 Å². The maximum Gasteiger partial charge on any atom is 0.146 e. The Labute approximate surface area is 140 Å². The molecule has 0 saturated carbocycles. The Hall–Kier alpha value is -1.23. The lowest BCUT2D eigenvalue weighted by atomic mass is 10.2. The highest BCUT2D eigenvalue weighted by Gasteiger charge is 2.16. The first-order valence-corrected chi connectivity index (χ1v) is 7.92. The molecule has 0 aliphatic rings. The molecule has 0 spiro atoms. The maximum absolute atomic E-state index is 6.37. The molecular formula is C15H11BrCl2N2O. The molecule has 1 aromatic heterocycles. The molecule has 0 amide bonds. The number of rotatable bonds is 3. The minimum absolute atomic E-state index is 0.282. The van der Waals surface area contributed by atoms with Crippen molar-refractivity contribution in [2.24, 2.45) is 0 Å². The van der Waals surface area contributed by atoms with Gasteiger partial charge in [0.05, 0.1) is 29.2 Å². The monoisotopic (exact) mass is 384 g/mol. The fourth-order valence-corrected chi connectivity index (χ4v) is 3.24. The molecule has 3 nitrogen and oxygen atoms in total. The van der Waals surface area contributed by atoms with Crippen molar-refractivity contribution in [1.82, 2.24) is 9.55 Å². The lowest BCUT2D eigenvalue weighted by Crippen LogP contribution is -2.00. The van der Waals surface area contributed by atoms with Crippen LogP contribution in [-0.2, 0) is 5.88 Å². The van der Waals surface area contributed by atoms with Crippen LogP contribution in [0.25, 0.3) is 16.7 Å². The van der Waals surface area contributed by atoms with Crippen molar-refractivity contribution in [3.63, 3.8) is 0 Å². The molecule has 0 radical (unpaired) electrons. The number of methoxy groups -OCH3 is 1. The number of halogens is 3. The number of nitrogens with zero attached hydrogens (tertiary/aromatic N) is 2. The van der Waals surface area contributed by atoms with Gasteiger partial charge < -0.3 is 4.74 Å². The summed E-state index contributed by atoms with van der Waals surface area (Å²) in [7, 11) is 1.63. The molecule has 2 aromatic carbocycles. The van der Waals surface area contributed by atoms with Crippen LogP contribution in [0.5, 0.6) is 5.75 Å². The number of fused-ring (bicyclic) bond motifs is 1. The Balaban J connectivity index is 2.35. The first-order valence-electron chi connectivity index (χ1n) is 6.21. The molecule has 0 atom stereocenters. The highest BCUT2D eigenvalue weighted by atomic mass is 79.9. The van der Waals surface area contributed by atoms with Gasteiger partial charge in [0.15, 0.2) is 0 Å². The van der Waals surface area contributed by atoms with Crippen molar-refractivity contribution in [2.45, 2.75) is 5.88 Å². The predicted octanol–water partition coefficient (Wildman–Crippen LogP) is 5.19. The van der Waals surface area contributed by atoms with Crippen LogP contribution in [0.4, 0.5) is 0 Å². The smallest absolute Gasteiger partial charge is 0.146 e. The normalized spacial score (nSPS) is 11.0. The summed E-state index contributed by atoms with van der Waals surface area (Å²) in [6.45, 7) is 0. The molecule has 108 valence electrons. The molecule has 3 rings (SSSR count). The van der Waals surface area contributed by atoms with E-state index >= 15 is 0 Å². The third-order valence-corrected chi connectivity index (χ3v) is 4.24. The molecular weight excluding hydrogens is 375 g/mol. The maximum atomic E-state index is 6.37. The van der Waals surface area contributed by atoms with Gasteiger partial charge in [0.2, 0.25) is 0 Å². The highest BCUT2D eigenvalue weighted by Crippen LogP contribution is 2.32. The van der Waals surface area contributed by atoms with E-state index in [1.807, 2.05) is 41.0 Å². The molecule has 0 aliphatic heterocycles. The number of para-hydroxylation sites is 1. The zero-order chi connectivity index (χ0) is 15.0. The van der Waals surface area contributed by atoms with E-state index in [4.69, 9.17) is 27.9 Å². The van der Waals surface area contributed by atoms with E-state index in [9.17, 15) is 0 Å². The van der Waals surface area contributed by atoms with E-state index < -0.39 is 0 Å². The Kier molecular flexibility index (Phi) is 4.11. The summed E-state index contributed by atoms with van der Waals surface area (Å²) in [6.07, 6.45) is 0. The average molecular weight is 386 g/mol. The Bertz CT molecular complexity index is 817. The molecule has 0 N–H and O–H groups in total. The van der Waals surface area contributed by atoms with Gasteiger partial charge in [-0.3, -0.25) is 4.57 Å². The van der Waals surface area contributed by atoms with E-state index in [2.05, 4.69) is 20.9 Å². The minimum Gasteiger partial charge on any atom is -0.494 e. The van der Waals surface area contributed by atoms with Crippen LogP contribution in [-0.4, -0.2) is 16.7 Å². The van der Waals surface area contributed by atoms with Crippen LogP contribution in [0.2, 0.25) is 5.02 Å². The summed E-state index contributed by atoms with van der Waals surface area (Å²) in [5.74, 6) is 1.72. The first-order chi connectivity index (χ1) is 10.2. The topological polar surface area (TPSA) is 27.1 Å². The number of imidazole rings is 1. The lowest BCUT2D eigenvalue weighted by molar-refractivity contribution is 0.419. The molecule has 0 unspecified atom stereocenters. The Morgan fingerprint density at radius 1 is 1.29 bits per heavy atom. The zero-order valence-corrected chi connectivity index (χ0v) is 14.2. The Morgan fingerprint density at radius 2 is 2.10 bits per heavy atom. The number of aromatic nitrogens is 2. The number of benzene rings is 2. The second-order valence-electron chi connectivity index (χ2n) is 4.42. The largest absolute Gasteiger partial charge is 0.494 e. The fraction of sp³-hybridized carbons (Fsp3) is 0.133. The van der Waals surface area contributed by atoms with Crippen molar-refractivity contribution in [3.8, 4) is 11.4 Å². The number of alkyl halides is 1. The van der Waals surface area contributed by atoms with Crippen LogP contribution < -0.4 is 4.74 Å². The van der Waals surface area contributed by atoms with E-state index in [-0.39, 0.29) is 5.88 Å². The van der Waals surface area contributed by atoms with Crippen molar-refractivity contribution < 1.29 is 4.74 Å². The van der Waals surface area contributed by atoms with Gasteiger partial charge in [-0.2, -0.15) is 0 Å². The second-order valence-corrected chi connectivity index (χ2v) is 6.01. The van der Waals surface area contributed by atoms with Gasteiger partial charge in [-0.1, -0.05) is 33.6 Å². The van der Waals surface area contributed by atoms with Crippen molar-refractivity contribution in [1.29, 1.82) is 0 Å². The van der Waals surface area contributed by atoms with Crippen LogP contribution in [0.1, 0.15) is 5.82 Å². The summed E-state index contributed by atoms with van der Waals surface area (Å²) in [4.78, 5) is 4.58. The molecule has 0 saturated heterocycles. The van der Waals surface area contributed by atoms with Gasteiger partial charge in [0.25, 0.3) is 0 Å². The summed E-state index contributed by atoms with van der Waals surface area (Å²) < 4.78 is 8.25. The molecule has 6 heteroatoms. The van der Waals surface area contributed by atoms with Crippen molar-refractivity contribution in [3.05, 3.63) is 51.7 Å². The van der Waals surface area contributed by atoms with Gasteiger partial charge >= 0.3 is 0 Å². The molecule has 1 heterocycles. The van der Waals surface area contributed by atoms with Crippen molar-refractivity contribution in [2.75, 3.05) is 7.11 Å². The van der Waals surface area contributed by atoms with Gasteiger partial charge in [-0.05, 0) is 30.3 Å². The Morgan fingerprint density at radius 3 is 2.76 bits per heavy atom. The van der Waals surface area contributed by atoms with Crippen molar-refractivity contribution >= 4 is 50.2 Å². The lowest BCUT2D eigenvalue weighted by Gasteiger charge is -2.10. The summed E-state index contributed by atoms with van der Waals surface area (Å²) >= 11 is 15.8. The first kappa shape index (κ1) is 14.7. The molecule has 21 heavy (non-hydrogen) atoms.